The largest absolute Gasteiger partial charge is 0.271 e. The summed E-state index contributed by atoms with van der Waals surface area (Å²) in [4.78, 5) is 2.68. The Labute approximate surface area is 101 Å². The van der Waals surface area contributed by atoms with Crippen LogP contribution in [0.4, 0.5) is 0 Å². The van der Waals surface area contributed by atoms with Crippen molar-refractivity contribution in [3.8, 4) is 0 Å². The number of hydrazine groups is 1. The fraction of sp³-hybridized carbons (Fsp3) is 0.636. The van der Waals surface area contributed by atoms with E-state index >= 15 is 0 Å². The second kappa shape index (κ2) is 6.53. The Kier molecular flexibility index (Phi) is 5.68. The second-order valence-corrected chi connectivity index (χ2v) is 6.51. The first-order chi connectivity index (χ1) is 7.17. The molecule has 1 rings (SSSR count). The molecule has 0 fully saturated rings. The Balaban J connectivity index is 2.49. The van der Waals surface area contributed by atoms with Gasteiger partial charge in [-0.25, -0.2) is 0 Å². The average Bonchev–Trinajstić information content (AvgIpc) is 2.65. The molecule has 86 valence electrons. The molecular formula is C11H20N2S2. The lowest BCUT2D eigenvalue weighted by Crippen LogP contribution is -2.29. The number of hydrogen-bond acceptors (Lipinski definition) is 4. The highest BCUT2D eigenvalue weighted by Crippen LogP contribution is 2.27. The van der Waals surface area contributed by atoms with E-state index in [1.54, 1.807) is 0 Å². The predicted molar refractivity (Wildman–Crippen MR) is 71.3 cm³/mol. The van der Waals surface area contributed by atoms with Crippen LogP contribution < -0.4 is 11.3 Å². The second-order valence-electron chi connectivity index (χ2n) is 3.72. The van der Waals surface area contributed by atoms with Gasteiger partial charge in [-0.2, -0.15) is 11.8 Å². The fourth-order valence-corrected chi connectivity index (χ4v) is 3.31. The zero-order chi connectivity index (χ0) is 11.3. The molecule has 15 heavy (non-hydrogen) atoms. The first-order valence-electron chi connectivity index (χ1n) is 5.31. The van der Waals surface area contributed by atoms with E-state index in [1.165, 1.54) is 16.2 Å². The molecule has 1 aromatic rings. The molecule has 1 heterocycles. The topological polar surface area (TPSA) is 38.0 Å². The van der Waals surface area contributed by atoms with Gasteiger partial charge in [0.25, 0.3) is 0 Å². The molecule has 2 unspecified atom stereocenters. The van der Waals surface area contributed by atoms with E-state index in [2.05, 4.69) is 38.3 Å². The van der Waals surface area contributed by atoms with E-state index in [4.69, 9.17) is 5.84 Å². The smallest absolute Gasteiger partial charge is 0.0643 e. The van der Waals surface area contributed by atoms with E-state index in [0.717, 1.165) is 5.75 Å². The third-order valence-electron chi connectivity index (χ3n) is 2.43. The molecule has 0 amide bonds. The highest BCUT2D eigenvalue weighted by Gasteiger charge is 2.12. The maximum Gasteiger partial charge on any atom is 0.0643 e. The quantitative estimate of drug-likeness (QED) is 0.596. The summed E-state index contributed by atoms with van der Waals surface area (Å²) >= 11 is 3.80. The van der Waals surface area contributed by atoms with E-state index in [0.29, 0.717) is 11.3 Å². The Morgan fingerprint density at radius 3 is 2.73 bits per heavy atom. The van der Waals surface area contributed by atoms with Crippen LogP contribution in [0.2, 0.25) is 0 Å². The summed E-state index contributed by atoms with van der Waals surface area (Å²) < 4.78 is 0. The maximum absolute atomic E-state index is 5.59. The summed E-state index contributed by atoms with van der Waals surface area (Å²) in [5.74, 6) is 6.63. The summed E-state index contributed by atoms with van der Waals surface area (Å²) in [5.41, 5.74) is 2.90. The minimum Gasteiger partial charge on any atom is -0.271 e. The van der Waals surface area contributed by atoms with Crippen LogP contribution in [-0.2, 0) is 0 Å². The van der Waals surface area contributed by atoms with Crippen molar-refractivity contribution >= 4 is 23.1 Å². The van der Waals surface area contributed by atoms with Crippen LogP contribution in [0.1, 0.15) is 36.1 Å². The van der Waals surface area contributed by atoms with Crippen LogP contribution in [0.15, 0.2) is 12.1 Å². The third kappa shape index (κ3) is 4.15. The van der Waals surface area contributed by atoms with Crippen LogP contribution in [0.5, 0.6) is 0 Å². The molecule has 3 N–H and O–H groups in total. The molecule has 1 aromatic heterocycles. The normalized spacial score (nSPS) is 15.2. The molecule has 0 saturated carbocycles. The first-order valence-corrected chi connectivity index (χ1v) is 7.18. The molecule has 0 aliphatic heterocycles. The van der Waals surface area contributed by atoms with Gasteiger partial charge in [0.15, 0.2) is 0 Å². The number of thiophene rings is 1. The van der Waals surface area contributed by atoms with Gasteiger partial charge in [0.1, 0.15) is 0 Å². The van der Waals surface area contributed by atoms with Crippen molar-refractivity contribution in [3.05, 3.63) is 21.9 Å². The van der Waals surface area contributed by atoms with Gasteiger partial charge in [-0.05, 0) is 25.5 Å². The molecule has 0 bridgehead atoms. The zero-order valence-electron chi connectivity index (χ0n) is 9.62. The number of aryl methyl sites for hydroxylation is 1. The average molecular weight is 244 g/mol. The number of hydrogen-bond donors (Lipinski definition) is 2. The molecular weight excluding hydrogens is 224 g/mol. The number of thioether (sulfide) groups is 1. The Morgan fingerprint density at radius 2 is 2.27 bits per heavy atom. The van der Waals surface area contributed by atoms with Gasteiger partial charge in [-0.3, -0.25) is 11.3 Å². The van der Waals surface area contributed by atoms with Gasteiger partial charge < -0.3 is 0 Å². The third-order valence-corrected chi connectivity index (χ3v) is 4.97. The van der Waals surface area contributed by atoms with Gasteiger partial charge >= 0.3 is 0 Å². The Morgan fingerprint density at radius 1 is 1.53 bits per heavy atom. The van der Waals surface area contributed by atoms with Gasteiger partial charge in [0, 0.05) is 20.8 Å². The Bertz CT molecular complexity index is 286. The van der Waals surface area contributed by atoms with Crippen LogP contribution in [0, 0.1) is 6.92 Å². The van der Waals surface area contributed by atoms with Crippen molar-refractivity contribution in [2.24, 2.45) is 5.84 Å². The molecule has 4 heteroatoms. The Hall–Kier alpha value is -0.0300. The van der Waals surface area contributed by atoms with Crippen molar-refractivity contribution in [1.29, 1.82) is 0 Å². The highest BCUT2D eigenvalue weighted by atomic mass is 32.2. The predicted octanol–water partition coefficient (Wildman–Crippen LogP) is 3.09. The molecule has 0 aliphatic carbocycles. The molecule has 0 saturated heterocycles. The van der Waals surface area contributed by atoms with Crippen molar-refractivity contribution in [3.63, 3.8) is 0 Å². The monoisotopic (exact) mass is 244 g/mol. The maximum atomic E-state index is 5.59. The molecule has 0 aliphatic rings. The standard InChI is InChI=1S/C11H20N2S2/c1-4-8(2)14-7-10(13-12)11-6-5-9(3)15-11/h5-6,8,10,13H,4,7,12H2,1-3H3. The molecule has 0 spiro atoms. The van der Waals surface area contributed by atoms with E-state index < -0.39 is 0 Å². The van der Waals surface area contributed by atoms with Crippen LogP contribution in [0.3, 0.4) is 0 Å². The van der Waals surface area contributed by atoms with Crippen LogP contribution >= 0.6 is 23.1 Å². The summed E-state index contributed by atoms with van der Waals surface area (Å²) in [6.45, 7) is 6.61. The summed E-state index contributed by atoms with van der Waals surface area (Å²) in [5, 5.41) is 0.710. The van der Waals surface area contributed by atoms with Crippen molar-refractivity contribution in [2.45, 2.75) is 38.5 Å². The minimum atomic E-state index is 0.294. The summed E-state index contributed by atoms with van der Waals surface area (Å²) in [7, 11) is 0. The minimum absolute atomic E-state index is 0.294. The first kappa shape index (κ1) is 13.0. The van der Waals surface area contributed by atoms with Gasteiger partial charge in [0.2, 0.25) is 0 Å². The lowest BCUT2D eigenvalue weighted by Gasteiger charge is -2.16. The number of nitrogens with one attached hydrogen (secondary N) is 1. The molecule has 2 atom stereocenters. The molecule has 2 nitrogen and oxygen atoms in total. The van der Waals surface area contributed by atoms with Crippen molar-refractivity contribution in [1.82, 2.24) is 5.43 Å². The molecule has 0 aromatic carbocycles. The van der Waals surface area contributed by atoms with Gasteiger partial charge in [0.05, 0.1) is 6.04 Å². The van der Waals surface area contributed by atoms with Crippen molar-refractivity contribution in [2.75, 3.05) is 5.75 Å². The van der Waals surface area contributed by atoms with Gasteiger partial charge in [-0.15, -0.1) is 11.3 Å². The molecule has 0 radical (unpaired) electrons. The lowest BCUT2D eigenvalue weighted by molar-refractivity contribution is 0.619. The van der Waals surface area contributed by atoms with Crippen LogP contribution in [-0.4, -0.2) is 11.0 Å². The fourth-order valence-electron chi connectivity index (χ4n) is 1.23. The van der Waals surface area contributed by atoms with Gasteiger partial charge in [-0.1, -0.05) is 13.8 Å². The SMILES string of the molecule is CCC(C)SCC(NN)c1ccc(C)s1. The van der Waals surface area contributed by atoms with E-state index in [1.807, 2.05) is 23.1 Å². The van der Waals surface area contributed by atoms with E-state index in [9.17, 15) is 0 Å². The summed E-state index contributed by atoms with van der Waals surface area (Å²) in [6.07, 6.45) is 1.21. The zero-order valence-corrected chi connectivity index (χ0v) is 11.3. The highest BCUT2D eigenvalue weighted by molar-refractivity contribution is 7.99. The number of nitrogens with two attached hydrogens (primary N) is 1. The lowest BCUT2D eigenvalue weighted by atomic mass is 10.3. The number of rotatable bonds is 6. The van der Waals surface area contributed by atoms with Crippen molar-refractivity contribution < 1.29 is 0 Å². The summed E-state index contributed by atoms with van der Waals surface area (Å²) in [6, 6.07) is 4.61. The van der Waals surface area contributed by atoms with Crippen LogP contribution in [0.25, 0.3) is 0 Å². The van der Waals surface area contributed by atoms with E-state index in [-0.39, 0.29) is 0 Å².